The minimum Gasteiger partial charge on any atom is -0.486 e. The van der Waals surface area contributed by atoms with Crippen LogP contribution in [0.3, 0.4) is 0 Å². The third-order valence-electron chi connectivity index (χ3n) is 5.53. The number of benzene rings is 1. The first-order valence-electron chi connectivity index (χ1n) is 10.1. The first-order valence-corrected chi connectivity index (χ1v) is 10.1. The zero-order chi connectivity index (χ0) is 21.8. The van der Waals surface area contributed by atoms with Crippen molar-refractivity contribution in [1.82, 2.24) is 9.88 Å². The first kappa shape index (κ1) is 21.1. The van der Waals surface area contributed by atoms with E-state index in [1.54, 1.807) is 32.5 Å². The van der Waals surface area contributed by atoms with Crippen LogP contribution in [-0.2, 0) is 4.74 Å². The Morgan fingerprint density at radius 1 is 1.32 bits per heavy atom. The summed E-state index contributed by atoms with van der Waals surface area (Å²) >= 11 is 0. The molecule has 0 radical (unpaired) electrons. The van der Waals surface area contributed by atoms with Gasteiger partial charge in [-0.05, 0) is 18.2 Å². The second kappa shape index (κ2) is 9.36. The maximum atomic E-state index is 14.1. The minimum absolute atomic E-state index is 0.274. The highest BCUT2D eigenvalue weighted by Gasteiger charge is 2.36. The van der Waals surface area contributed by atoms with Gasteiger partial charge in [0.1, 0.15) is 13.2 Å². The molecule has 4 rings (SSSR count). The molecule has 10 heteroatoms. The molecule has 1 aromatic carbocycles. The Morgan fingerprint density at radius 3 is 2.84 bits per heavy atom. The Hall–Kier alpha value is -3.11. The molecule has 0 bridgehead atoms. The van der Waals surface area contributed by atoms with Crippen molar-refractivity contribution in [3.05, 3.63) is 42.3 Å². The predicted octanol–water partition coefficient (Wildman–Crippen LogP) is 1.50. The number of hydrazone groups is 1. The summed E-state index contributed by atoms with van der Waals surface area (Å²) in [6.07, 6.45) is 1.72. The second-order valence-electron chi connectivity index (χ2n) is 7.43. The summed E-state index contributed by atoms with van der Waals surface area (Å²) < 4.78 is 30.1. The van der Waals surface area contributed by atoms with E-state index >= 15 is 0 Å². The molecule has 0 unspecified atom stereocenters. The number of aromatic nitrogens is 1. The summed E-state index contributed by atoms with van der Waals surface area (Å²) in [5.41, 5.74) is 1.65. The Kier molecular flexibility index (Phi) is 6.38. The lowest BCUT2D eigenvalue weighted by atomic mass is 10.1. The molecule has 0 aliphatic carbocycles. The van der Waals surface area contributed by atoms with Gasteiger partial charge >= 0.3 is 0 Å². The van der Waals surface area contributed by atoms with E-state index in [9.17, 15) is 4.39 Å². The summed E-state index contributed by atoms with van der Waals surface area (Å²) in [5, 5.41) is 3.92. The van der Waals surface area contributed by atoms with Gasteiger partial charge in [0.15, 0.2) is 17.4 Å². The number of pyridine rings is 1. The van der Waals surface area contributed by atoms with Crippen molar-refractivity contribution in [3.8, 4) is 11.6 Å². The number of anilines is 2. The molecule has 31 heavy (non-hydrogen) atoms. The highest BCUT2D eigenvalue weighted by atomic mass is 19.1. The molecule has 0 amide bonds. The van der Waals surface area contributed by atoms with Crippen LogP contribution in [0, 0.1) is 5.82 Å². The monoisotopic (exact) mass is 430 g/mol. The molecule has 9 nitrogen and oxygen atoms in total. The summed E-state index contributed by atoms with van der Waals surface area (Å²) in [6, 6.07) is 9.04. The lowest BCUT2D eigenvalue weighted by Gasteiger charge is -2.49. The number of halogens is 1. The minimum atomic E-state index is -0.320. The topological polar surface area (TPSA) is 88.7 Å². The van der Waals surface area contributed by atoms with E-state index in [-0.39, 0.29) is 18.5 Å². The van der Waals surface area contributed by atoms with E-state index in [4.69, 9.17) is 20.1 Å². The number of likely N-dealkylation sites (tertiary alicyclic amines) is 1. The molecule has 1 fully saturated rings. The van der Waals surface area contributed by atoms with E-state index < -0.39 is 0 Å². The van der Waals surface area contributed by atoms with Gasteiger partial charge in [0.05, 0.1) is 43.9 Å². The Labute approximate surface area is 180 Å². The van der Waals surface area contributed by atoms with Gasteiger partial charge in [0.2, 0.25) is 5.88 Å². The molecule has 0 saturated carbocycles. The number of hydrogen-bond donors (Lipinski definition) is 1. The molecule has 0 atom stereocenters. The number of hydrogen-bond acceptors (Lipinski definition) is 8. The fourth-order valence-electron chi connectivity index (χ4n) is 3.95. The van der Waals surface area contributed by atoms with Crippen molar-refractivity contribution in [2.45, 2.75) is 6.04 Å². The van der Waals surface area contributed by atoms with E-state index in [1.165, 1.54) is 6.07 Å². The van der Waals surface area contributed by atoms with Crippen LogP contribution < -0.4 is 25.1 Å². The van der Waals surface area contributed by atoms with Crippen molar-refractivity contribution in [3.63, 3.8) is 0 Å². The van der Waals surface area contributed by atoms with Gasteiger partial charge in [-0.2, -0.15) is 5.10 Å². The number of ether oxygens (including phenoxy) is 3. The fraction of sp³-hybridized carbons (Fsp3) is 0.429. The summed E-state index contributed by atoms with van der Waals surface area (Å²) in [6.45, 7) is 3.70. The summed E-state index contributed by atoms with van der Waals surface area (Å²) in [7, 11) is 3.18. The van der Waals surface area contributed by atoms with Gasteiger partial charge in [-0.3, -0.25) is 4.90 Å². The number of amidine groups is 1. The molecule has 0 spiro atoms. The number of nitrogens with two attached hydrogens (primary N) is 1. The van der Waals surface area contributed by atoms with Crippen molar-refractivity contribution >= 4 is 17.2 Å². The molecule has 2 N–H and O–H groups in total. The van der Waals surface area contributed by atoms with Gasteiger partial charge in [-0.25, -0.2) is 9.37 Å². The van der Waals surface area contributed by atoms with E-state index in [1.807, 2.05) is 17.0 Å². The summed E-state index contributed by atoms with van der Waals surface area (Å²) in [5.74, 6) is 6.79. The molecule has 166 valence electrons. The van der Waals surface area contributed by atoms with Crippen molar-refractivity contribution in [1.29, 1.82) is 0 Å². The molecule has 2 aliphatic heterocycles. The highest BCUT2D eigenvalue weighted by molar-refractivity contribution is 5.98. The first-order chi connectivity index (χ1) is 15.1. The van der Waals surface area contributed by atoms with Crippen LogP contribution in [0.2, 0.25) is 0 Å². The van der Waals surface area contributed by atoms with Gasteiger partial charge in [0.25, 0.3) is 0 Å². The molecular weight excluding hydrogens is 403 g/mol. The largest absolute Gasteiger partial charge is 0.486 e. The summed E-state index contributed by atoms with van der Waals surface area (Å²) in [4.78, 5) is 10.8. The van der Waals surface area contributed by atoms with E-state index in [2.05, 4.69) is 19.9 Å². The average molecular weight is 430 g/mol. The highest BCUT2D eigenvalue weighted by Crippen LogP contribution is 2.36. The molecule has 1 saturated heterocycles. The SMILES string of the molecule is COC/C(=N/N)N(CN1CC(N2CCOc3c(F)cccc32)C1)c1ccc(OC)nc1. The van der Waals surface area contributed by atoms with Gasteiger partial charge in [0, 0.05) is 26.3 Å². The standard InChI is InChI=1S/C21H27FN6O3/c1-29-13-19(25-23)28(15-6-7-20(30-2)24-10-15)14-26-11-16(12-26)27-8-9-31-21-17(22)4-3-5-18(21)27/h3-7,10,16H,8-9,11-14,23H2,1-2H3/b25-19-. The normalized spacial score (nSPS) is 17.0. The second-order valence-corrected chi connectivity index (χ2v) is 7.43. The number of methoxy groups -OCH3 is 2. The number of nitrogens with zero attached hydrogens (tertiary/aromatic N) is 5. The van der Waals surface area contributed by atoms with Gasteiger partial charge in [-0.1, -0.05) is 6.07 Å². The zero-order valence-electron chi connectivity index (χ0n) is 17.7. The Morgan fingerprint density at radius 2 is 2.16 bits per heavy atom. The van der Waals surface area contributed by atoms with Crippen LogP contribution in [0.5, 0.6) is 11.6 Å². The van der Waals surface area contributed by atoms with E-state index in [0.717, 1.165) is 31.0 Å². The van der Waals surface area contributed by atoms with E-state index in [0.29, 0.717) is 30.7 Å². The van der Waals surface area contributed by atoms with Crippen molar-refractivity contribution < 1.29 is 18.6 Å². The molecule has 3 heterocycles. The molecule has 2 aliphatic rings. The average Bonchev–Trinajstić information content (AvgIpc) is 2.78. The zero-order valence-corrected chi connectivity index (χ0v) is 17.7. The molecule has 1 aromatic heterocycles. The molecule has 2 aromatic rings. The molecular formula is C21H27FN6O3. The Balaban J connectivity index is 1.46. The van der Waals surface area contributed by atoms with Crippen LogP contribution in [0.25, 0.3) is 0 Å². The van der Waals surface area contributed by atoms with Crippen LogP contribution in [0.15, 0.2) is 41.6 Å². The Bertz CT molecular complexity index is 920. The van der Waals surface area contributed by atoms with Crippen LogP contribution in [-0.4, -0.2) is 75.5 Å². The van der Waals surface area contributed by atoms with Gasteiger partial charge in [-0.15, -0.1) is 0 Å². The van der Waals surface area contributed by atoms with Crippen molar-refractivity contribution in [2.75, 3.05) is 63.5 Å². The lowest BCUT2D eigenvalue weighted by Crippen LogP contribution is -2.63. The third kappa shape index (κ3) is 4.35. The maximum absolute atomic E-state index is 14.1. The lowest BCUT2D eigenvalue weighted by molar-refractivity contribution is 0.140. The maximum Gasteiger partial charge on any atom is 0.213 e. The fourth-order valence-corrected chi connectivity index (χ4v) is 3.95. The smallest absolute Gasteiger partial charge is 0.213 e. The number of fused-ring (bicyclic) bond motifs is 1. The van der Waals surface area contributed by atoms with Crippen molar-refractivity contribution in [2.24, 2.45) is 10.9 Å². The quantitative estimate of drug-likeness (QED) is 0.306. The van der Waals surface area contributed by atoms with Gasteiger partial charge < -0.3 is 29.9 Å². The number of para-hydroxylation sites is 1. The predicted molar refractivity (Wildman–Crippen MR) is 116 cm³/mol. The number of rotatable bonds is 7. The third-order valence-corrected chi connectivity index (χ3v) is 5.53. The van der Waals surface area contributed by atoms with Crippen LogP contribution in [0.1, 0.15) is 0 Å². The van der Waals surface area contributed by atoms with Crippen LogP contribution >= 0.6 is 0 Å². The van der Waals surface area contributed by atoms with Crippen LogP contribution in [0.4, 0.5) is 15.8 Å².